The van der Waals surface area contributed by atoms with Crippen molar-refractivity contribution < 1.29 is 4.74 Å². The molecule has 0 bridgehead atoms. The maximum Gasteiger partial charge on any atom is 0.133 e. The van der Waals surface area contributed by atoms with Crippen LogP contribution in [-0.2, 0) is 6.54 Å². The summed E-state index contributed by atoms with van der Waals surface area (Å²) in [5, 5.41) is 4.50. The molecule has 0 atom stereocenters. The molecule has 2 aromatic rings. The predicted molar refractivity (Wildman–Crippen MR) is 79.6 cm³/mol. The van der Waals surface area contributed by atoms with Crippen molar-refractivity contribution in [3.05, 3.63) is 38.3 Å². The molecule has 0 aliphatic rings. The molecule has 96 valence electrons. The van der Waals surface area contributed by atoms with Crippen LogP contribution in [0.4, 0.5) is 5.69 Å². The van der Waals surface area contributed by atoms with Gasteiger partial charge in [0.15, 0.2) is 0 Å². The number of benzene rings is 1. The van der Waals surface area contributed by atoms with Gasteiger partial charge in [-0.1, -0.05) is 0 Å². The lowest BCUT2D eigenvalue weighted by atomic mass is 10.3. The highest BCUT2D eigenvalue weighted by Crippen LogP contribution is 2.28. The zero-order valence-corrected chi connectivity index (χ0v) is 13.0. The molecule has 1 heterocycles. The molecular weight excluding hydrogens is 312 g/mol. The molecule has 0 spiro atoms. The molecule has 0 unspecified atom stereocenters. The fourth-order valence-corrected chi connectivity index (χ4v) is 3.11. The highest BCUT2D eigenvalue weighted by Gasteiger charge is 2.05. The number of methoxy groups -OCH3 is 1. The van der Waals surface area contributed by atoms with Crippen molar-refractivity contribution in [3.63, 3.8) is 0 Å². The van der Waals surface area contributed by atoms with E-state index in [-0.39, 0.29) is 0 Å². The number of ether oxygens (including phenoxy) is 1. The van der Waals surface area contributed by atoms with Crippen molar-refractivity contribution in [2.24, 2.45) is 0 Å². The molecule has 0 aliphatic heterocycles. The monoisotopic (exact) mass is 326 g/mol. The first-order valence-electron chi connectivity index (χ1n) is 5.60. The number of thiazole rings is 1. The van der Waals surface area contributed by atoms with Crippen molar-refractivity contribution in [3.8, 4) is 5.75 Å². The summed E-state index contributed by atoms with van der Waals surface area (Å²) in [5.41, 5.74) is 2.17. The van der Waals surface area contributed by atoms with Crippen LogP contribution < -0.4 is 10.1 Å². The zero-order chi connectivity index (χ0) is 13.1. The van der Waals surface area contributed by atoms with Crippen LogP contribution in [0.25, 0.3) is 0 Å². The molecule has 0 fully saturated rings. The average molecular weight is 327 g/mol. The number of nitrogens with one attached hydrogen (secondary N) is 1. The molecule has 0 radical (unpaired) electrons. The molecule has 0 amide bonds. The summed E-state index contributed by atoms with van der Waals surface area (Å²) in [4.78, 5) is 5.69. The van der Waals surface area contributed by atoms with Crippen molar-refractivity contribution >= 4 is 33.0 Å². The van der Waals surface area contributed by atoms with Crippen molar-refractivity contribution in [2.45, 2.75) is 20.4 Å². The van der Waals surface area contributed by atoms with Gasteiger partial charge in [-0.2, -0.15) is 0 Å². The zero-order valence-electron chi connectivity index (χ0n) is 10.6. The topological polar surface area (TPSA) is 34.1 Å². The van der Waals surface area contributed by atoms with E-state index in [0.717, 1.165) is 33.2 Å². The van der Waals surface area contributed by atoms with Crippen LogP contribution in [0, 0.1) is 13.8 Å². The number of hydrogen-bond acceptors (Lipinski definition) is 4. The largest absolute Gasteiger partial charge is 0.496 e. The Hall–Kier alpha value is -1.07. The summed E-state index contributed by atoms with van der Waals surface area (Å²) >= 11 is 5.21. The van der Waals surface area contributed by atoms with Crippen LogP contribution in [0.1, 0.15) is 15.6 Å². The van der Waals surface area contributed by atoms with Gasteiger partial charge in [0.05, 0.1) is 28.8 Å². The van der Waals surface area contributed by atoms with Gasteiger partial charge in [-0.25, -0.2) is 4.98 Å². The predicted octanol–water partition coefficient (Wildman–Crippen LogP) is 4.14. The molecule has 5 heteroatoms. The van der Waals surface area contributed by atoms with Gasteiger partial charge >= 0.3 is 0 Å². The lowest BCUT2D eigenvalue weighted by molar-refractivity contribution is 0.412. The van der Waals surface area contributed by atoms with Gasteiger partial charge in [-0.3, -0.25) is 0 Å². The maximum atomic E-state index is 5.20. The van der Waals surface area contributed by atoms with Gasteiger partial charge < -0.3 is 10.1 Å². The fraction of sp³-hybridized carbons (Fsp3) is 0.308. The maximum absolute atomic E-state index is 5.20. The first-order chi connectivity index (χ1) is 8.60. The highest BCUT2D eigenvalue weighted by atomic mass is 79.9. The third-order valence-corrected chi connectivity index (χ3v) is 4.30. The van der Waals surface area contributed by atoms with E-state index in [4.69, 9.17) is 4.74 Å². The summed E-state index contributed by atoms with van der Waals surface area (Å²) in [7, 11) is 1.66. The van der Waals surface area contributed by atoms with Gasteiger partial charge in [-0.05, 0) is 48.0 Å². The highest BCUT2D eigenvalue weighted by molar-refractivity contribution is 9.10. The van der Waals surface area contributed by atoms with Crippen LogP contribution in [0.3, 0.4) is 0 Å². The second kappa shape index (κ2) is 5.71. The van der Waals surface area contributed by atoms with Gasteiger partial charge in [0, 0.05) is 10.6 Å². The molecule has 3 nitrogen and oxygen atoms in total. The minimum Gasteiger partial charge on any atom is -0.496 e. The SMILES string of the molecule is COc1ccc(NCc2sc(C)nc2C)cc1Br. The Morgan fingerprint density at radius 2 is 2.17 bits per heavy atom. The molecule has 0 saturated heterocycles. The van der Waals surface area contributed by atoms with Gasteiger partial charge in [0.2, 0.25) is 0 Å². The second-order valence-corrected chi connectivity index (χ2v) is 6.09. The third kappa shape index (κ3) is 3.03. The number of hydrogen-bond donors (Lipinski definition) is 1. The molecule has 18 heavy (non-hydrogen) atoms. The van der Waals surface area contributed by atoms with Gasteiger partial charge in [0.1, 0.15) is 5.75 Å². The van der Waals surface area contributed by atoms with Gasteiger partial charge in [0.25, 0.3) is 0 Å². The fourth-order valence-electron chi connectivity index (χ4n) is 1.70. The standard InChI is InChI=1S/C13H15BrN2OS/c1-8-13(18-9(2)16-8)7-15-10-4-5-12(17-3)11(14)6-10/h4-6,15H,7H2,1-3H3. The lowest BCUT2D eigenvalue weighted by Gasteiger charge is -2.08. The molecule has 2 rings (SSSR count). The van der Waals surface area contributed by atoms with Crippen LogP contribution in [0.2, 0.25) is 0 Å². The van der Waals surface area contributed by atoms with E-state index in [2.05, 4.69) is 26.2 Å². The van der Waals surface area contributed by atoms with E-state index in [9.17, 15) is 0 Å². The van der Waals surface area contributed by atoms with Crippen LogP contribution in [-0.4, -0.2) is 12.1 Å². The Morgan fingerprint density at radius 3 is 2.72 bits per heavy atom. The number of nitrogens with zero attached hydrogens (tertiary/aromatic N) is 1. The van der Waals surface area contributed by atoms with E-state index in [0.29, 0.717) is 0 Å². The van der Waals surface area contributed by atoms with Crippen LogP contribution in [0.15, 0.2) is 22.7 Å². The van der Waals surface area contributed by atoms with Crippen LogP contribution >= 0.6 is 27.3 Å². The number of aromatic nitrogens is 1. The summed E-state index contributed by atoms with van der Waals surface area (Å²) < 4.78 is 6.15. The Balaban J connectivity index is 2.06. The molecule has 1 aromatic carbocycles. The Morgan fingerprint density at radius 1 is 1.39 bits per heavy atom. The van der Waals surface area contributed by atoms with Crippen LogP contribution in [0.5, 0.6) is 5.75 Å². The van der Waals surface area contributed by atoms with E-state index in [1.54, 1.807) is 18.4 Å². The van der Waals surface area contributed by atoms with E-state index < -0.39 is 0 Å². The summed E-state index contributed by atoms with van der Waals surface area (Å²) in [5.74, 6) is 0.838. The Kier molecular flexibility index (Phi) is 4.24. The molecule has 1 N–H and O–H groups in total. The van der Waals surface area contributed by atoms with Crippen molar-refractivity contribution in [1.82, 2.24) is 4.98 Å². The first kappa shape index (κ1) is 13.4. The lowest BCUT2D eigenvalue weighted by Crippen LogP contribution is -1.99. The van der Waals surface area contributed by atoms with Crippen molar-refractivity contribution in [1.29, 1.82) is 0 Å². The second-order valence-electron chi connectivity index (χ2n) is 3.94. The third-order valence-electron chi connectivity index (χ3n) is 2.60. The number of anilines is 1. The van der Waals surface area contributed by atoms with E-state index >= 15 is 0 Å². The number of halogens is 1. The molecular formula is C13H15BrN2OS. The quantitative estimate of drug-likeness (QED) is 0.916. The summed E-state index contributed by atoms with van der Waals surface area (Å²) in [6, 6.07) is 5.96. The number of rotatable bonds is 4. The van der Waals surface area contributed by atoms with Gasteiger partial charge in [-0.15, -0.1) is 11.3 Å². The Labute approximate surface area is 119 Å². The average Bonchev–Trinajstić information content (AvgIpc) is 2.65. The van der Waals surface area contributed by atoms with E-state index in [1.165, 1.54) is 4.88 Å². The van der Waals surface area contributed by atoms with Crippen molar-refractivity contribution in [2.75, 3.05) is 12.4 Å². The van der Waals surface area contributed by atoms with E-state index in [1.807, 2.05) is 32.0 Å². The molecule has 0 saturated carbocycles. The normalized spacial score (nSPS) is 10.4. The summed E-state index contributed by atoms with van der Waals surface area (Å²) in [6.45, 7) is 4.88. The molecule has 1 aromatic heterocycles. The first-order valence-corrected chi connectivity index (χ1v) is 7.21. The Bertz CT molecular complexity index is 554. The number of aryl methyl sites for hydroxylation is 2. The minimum atomic E-state index is 0.802. The molecule has 0 aliphatic carbocycles. The summed E-state index contributed by atoms with van der Waals surface area (Å²) in [6.07, 6.45) is 0. The smallest absolute Gasteiger partial charge is 0.133 e. The minimum absolute atomic E-state index is 0.802.